The van der Waals surface area contributed by atoms with E-state index in [4.69, 9.17) is 4.74 Å². The zero-order chi connectivity index (χ0) is 20.4. The number of ketones is 1. The minimum atomic E-state index is -0.411. The third-order valence-corrected chi connectivity index (χ3v) is 6.28. The monoisotopic (exact) mass is 411 g/mol. The predicted molar refractivity (Wildman–Crippen MR) is 115 cm³/mol. The first-order valence-corrected chi connectivity index (χ1v) is 11.1. The van der Waals surface area contributed by atoms with Crippen molar-refractivity contribution in [2.45, 2.75) is 50.6 Å². The fraction of sp³-hybridized carbons (Fsp3) is 0.409. The largest absolute Gasteiger partial charge is 0.494 e. The molecule has 1 atom stereocenters. The van der Waals surface area contributed by atoms with Gasteiger partial charge in [0, 0.05) is 29.4 Å². The average Bonchev–Trinajstić information content (AvgIpc) is 2.72. The van der Waals surface area contributed by atoms with Crippen LogP contribution in [0.5, 0.6) is 5.75 Å². The predicted octanol–water partition coefficient (Wildman–Crippen LogP) is 4.24. The molecule has 2 aliphatic rings. The normalized spacial score (nSPS) is 18.1. The highest BCUT2D eigenvalue weighted by Crippen LogP contribution is 2.43. The lowest BCUT2D eigenvalue weighted by molar-refractivity contribution is -0.116. The van der Waals surface area contributed by atoms with Gasteiger partial charge in [-0.15, -0.1) is 0 Å². The summed E-state index contributed by atoms with van der Waals surface area (Å²) < 4.78 is 5.55. The molecular weight excluding hydrogens is 386 g/mol. The minimum Gasteiger partial charge on any atom is -0.494 e. The molecular formula is C22H25N3O3S. The van der Waals surface area contributed by atoms with Crippen molar-refractivity contribution in [2.24, 2.45) is 0 Å². The lowest BCUT2D eigenvalue weighted by atomic mass is 9.76. The standard InChI is InChI=1S/C22H25N3O3S/c1-3-12-29-22-24-20-19(21(27)25-22)17(13-8-10-14(11-9-13)28-4-2)18-15(23-20)6-5-7-16(18)26/h8-11,17H,3-7,12H2,1-2H3,(H2,23,24,25,27). The quantitative estimate of drug-likeness (QED) is 0.546. The number of nitrogens with zero attached hydrogens (tertiary/aromatic N) is 1. The summed E-state index contributed by atoms with van der Waals surface area (Å²) in [5.74, 6) is 1.92. The third kappa shape index (κ3) is 3.83. The highest BCUT2D eigenvalue weighted by molar-refractivity contribution is 7.99. The number of fused-ring (bicyclic) bond motifs is 1. The van der Waals surface area contributed by atoms with Gasteiger partial charge in [-0.05, 0) is 43.9 Å². The number of aromatic amines is 1. The Hall–Kier alpha value is -2.54. The molecule has 1 aliphatic carbocycles. The molecule has 7 heteroatoms. The summed E-state index contributed by atoms with van der Waals surface area (Å²) in [6.45, 7) is 4.62. The van der Waals surface area contributed by atoms with Gasteiger partial charge in [-0.25, -0.2) is 4.98 Å². The van der Waals surface area contributed by atoms with Gasteiger partial charge < -0.3 is 15.0 Å². The first-order valence-electron chi connectivity index (χ1n) is 10.1. The molecule has 2 N–H and O–H groups in total. The van der Waals surface area contributed by atoms with Crippen molar-refractivity contribution in [2.75, 3.05) is 17.7 Å². The van der Waals surface area contributed by atoms with Crippen LogP contribution in [0.1, 0.15) is 56.6 Å². The van der Waals surface area contributed by atoms with E-state index < -0.39 is 5.92 Å². The number of H-pyrrole nitrogens is 1. The average molecular weight is 412 g/mol. The number of ether oxygens (including phenoxy) is 1. The van der Waals surface area contributed by atoms with Crippen LogP contribution < -0.4 is 15.6 Å². The van der Waals surface area contributed by atoms with E-state index >= 15 is 0 Å². The number of Topliss-reactive ketones (excluding diaryl/α,β-unsaturated/α-hetero) is 1. The van der Waals surface area contributed by atoms with Crippen molar-refractivity contribution in [3.05, 3.63) is 57.0 Å². The van der Waals surface area contributed by atoms with Crippen LogP contribution in [0.25, 0.3) is 0 Å². The number of aromatic nitrogens is 2. The van der Waals surface area contributed by atoms with Crippen molar-refractivity contribution in [3.63, 3.8) is 0 Å². The molecule has 2 heterocycles. The molecule has 1 unspecified atom stereocenters. The molecule has 1 aromatic carbocycles. The van der Waals surface area contributed by atoms with E-state index in [1.165, 1.54) is 11.8 Å². The number of rotatable bonds is 6. The maximum atomic E-state index is 13.1. The van der Waals surface area contributed by atoms with Crippen LogP contribution in [0.2, 0.25) is 0 Å². The second-order valence-electron chi connectivity index (χ2n) is 7.21. The van der Waals surface area contributed by atoms with Gasteiger partial charge in [-0.3, -0.25) is 9.59 Å². The lowest BCUT2D eigenvalue weighted by Crippen LogP contribution is -2.32. The Morgan fingerprint density at radius 1 is 1.17 bits per heavy atom. The number of thioether (sulfide) groups is 1. The molecule has 152 valence electrons. The van der Waals surface area contributed by atoms with E-state index in [9.17, 15) is 9.59 Å². The van der Waals surface area contributed by atoms with Gasteiger partial charge in [0.15, 0.2) is 10.9 Å². The molecule has 0 saturated carbocycles. The van der Waals surface area contributed by atoms with Gasteiger partial charge in [0.2, 0.25) is 0 Å². The molecule has 29 heavy (non-hydrogen) atoms. The maximum Gasteiger partial charge on any atom is 0.257 e. The summed E-state index contributed by atoms with van der Waals surface area (Å²) in [4.78, 5) is 33.5. The first-order chi connectivity index (χ1) is 14.1. The summed E-state index contributed by atoms with van der Waals surface area (Å²) in [6.07, 6.45) is 3.12. The third-order valence-electron chi connectivity index (χ3n) is 5.20. The van der Waals surface area contributed by atoms with Crippen LogP contribution in [-0.4, -0.2) is 28.1 Å². The molecule has 0 bridgehead atoms. The van der Waals surface area contributed by atoms with E-state index in [0.29, 0.717) is 35.1 Å². The Bertz CT molecular complexity index is 1010. The van der Waals surface area contributed by atoms with Crippen molar-refractivity contribution in [1.82, 2.24) is 9.97 Å². The summed E-state index contributed by atoms with van der Waals surface area (Å²) in [5.41, 5.74) is 2.83. The molecule has 0 amide bonds. The minimum absolute atomic E-state index is 0.104. The van der Waals surface area contributed by atoms with Crippen molar-refractivity contribution < 1.29 is 9.53 Å². The van der Waals surface area contributed by atoms with Crippen LogP contribution >= 0.6 is 11.8 Å². The van der Waals surface area contributed by atoms with Crippen LogP contribution in [0.15, 0.2) is 45.5 Å². The number of hydrogen-bond acceptors (Lipinski definition) is 6. The smallest absolute Gasteiger partial charge is 0.257 e. The van der Waals surface area contributed by atoms with Crippen LogP contribution in [0.3, 0.4) is 0 Å². The zero-order valence-electron chi connectivity index (χ0n) is 16.7. The number of anilines is 1. The summed E-state index contributed by atoms with van der Waals surface area (Å²) >= 11 is 1.54. The van der Waals surface area contributed by atoms with Crippen molar-refractivity contribution in [1.29, 1.82) is 0 Å². The highest BCUT2D eigenvalue weighted by atomic mass is 32.2. The Morgan fingerprint density at radius 2 is 1.97 bits per heavy atom. The second kappa shape index (κ2) is 8.45. The molecule has 2 aromatic rings. The summed E-state index contributed by atoms with van der Waals surface area (Å²) in [7, 11) is 0. The van der Waals surface area contributed by atoms with Gasteiger partial charge in [-0.1, -0.05) is 30.8 Å². The van der Waals surface area contributed by atoms with Crippen LogP contribution in [-0.2, 0) is 4.79 Å². The molecule has 1 aromatic heterocycles. The molecule has 0 spiro atoms. The maximum absolute atomic E-state index is 13.1. The van der Waals surface area contributed by atoms with Crippen molar-refractivity contribution >= 4 is 23.4 Å². The number of nitrogens with one attached hydrogen (secondary N) is 2. The Morgan fingerprint density at radius 3 is 2.69 bits per heavy atom. The molecule has 4 rings (SSSR count). The molecule has 1 aliphatic heterocycles. The number of benzene rings is 1. The zero-order valence-corrected chi connectivity index (χ0v) is 17.5. The fourth-order valence-corrected chi connectivity index (χ4v) is 4.68. The molecule has 6 nitrogen and oxygen atoms in total. The van der Waals surface area contributed by atoms with Gasteiger partial charge in [0.05, 0.1) is 12.2 Å². The van der Waals surface area contributed by atoms with Crippen molar-refractivity contribution in [3.8, 4) is 5.75 Å². The molecule has 0 radical (unpaired) electrons. The van der Waals surface area contributed by atoms with Gasteiger partial charge in [0.1, 0.15) is 11.6 Å². The first kappa shape index (κ1) is 19.8. The van der Waals surface area contributed by atoms with E-state index in [1.54, 1.807) is 0 Å². The lowest BCUT2D eigenvalue weighted by Gasteiger charge is -2.32. The van der Waals surface area contributed by atoms with Gasteiger partial charge in [0.25, 0.3) is 5.56 Å². The second-order valence-corrected chi connectivity index (χ2v) is 8.29. The molecule has 0 fully saturated rings. The van der Waals surface area contributed by atoms with E-state index in [1.807, 2.05) is 31.2 Å². The highest BCUT2D eigenvalue weighted by Gasteiger charge is 2.37. The van der Waals surface area contributed by atoms with Crippen LogP contribution in [0, 0.1) is 0 Å². The number of carbonyl (C=O) groups excluding carboxylic acids is 1. The summed E-state index contributed by atoms with van der Waals surface area (Å²) in [6, 6.07) is 7.66. The van der Waals surface area contributed by atoms with Crippen LogP contribution in [0.4, 0.5) is 5.82 Å². The SMILES string of the molecule is CCCSc1nc2c(c(=O)[nH]1)C(c1ccc(OCC)cc1)C1=C(CCCC1=O)N2. The molecule has 0 saturated heterocycles. The van der Waals surface area contributed by atoms with E-state index in [-0.39, 0.29) is 11.3 Å². The number of carbonyl (C=O) groups is 1. The van der Waals surface area contributed by atoms with Gasteiger partial charge in [-0.2, -0.15) is 0 Å². The Labute approximate surface area is 174 Å². The Balaban J connectivity index is 1.84. The Kier molecular flexibility index (Phi) is 5.76. The number of allylic oxidation sites excluding steroid dienone is 2. The fourth-order valence-electron chi connectivity index (χ4n) is 3.96. The summed E-state index contributed by atoms with van der Waals surface area (Å²) in [5, 5.41) is 3.92. The van der Waals surface area contributed by atoms with E-state index in [0.717, 1.165) is 42.0 Å². The van der Waals surface area contributed by atoms with Gasteiger partial charge >= 0.3 is 0 Å². The van der Waals surface area contributed by atoms with E-state index in [2.05, 4.69) is 22.2 Å². The topological polar surface area (TPSA) is 84.1 Å². The number of hydrogen-bond donors (Lipinski definition) is 2.